The molecular formula is C16H21N5O4. The van der Waals surface area contributed by atoms with E-state index in [1.54, 1.807) is 6.92 Å². The van der Waals surface area contributed by atoms with Crippen LogP contribution >= 0.6 is 0 Å². The van der Waals surface area contributed by atoms with E-state index in [0.29, 0.717) is 29.1 Å². The minimum atomic E-state index is -1.02. The Morgan fingerprint density at radius 2 is 2.08 bits per heavy atom. The van der Waals surface area contributed by atoms with Crippen molar-refractivity contribution in [2.75, 3.05) is 0 Å². The lowest BCUT2D eigenvalue weighted by molar-refractivity contribution is -0.137. The number of carbonyl (C=O) groups excluding carboxylic acids is 2. The highest BCUT2D eigenvalue weighted by Crippen LogP contribution is 2.21. The molecule has 0 atom stereocenters. The Morgan fingerprint density at radius 1 is 1.36 bits per heavy atom. The zero-order valence-electron chi connectivity index (χ0n) is 14.4. The Bertz CT molecular complexity index is 806. The first-order chi connectivity index (χ1) is 11.8. The summed E-state index contributed by atoms with van der Waals surface area (Å²) in [5.41, 5.74) is 2.79. The van der Waals surface area contributed by atoms with Crippen molar-refractivity contribution in [2.45, 2.75) is 46.7 Å². The van der Waals surface area contributed by atoms with Gasteiger partial charge in [0.2, 0.25) is 0 Å². The molecule has 3 N–H and O–H groups in total. The second-order valence-electron chi connectivity index (χ2n) is 5.77. The van der Waals surface area contributed by atoms with Crippen molar-refractivity contribution in [3.63, 3.8) is 0 Å². The standard InChI is InChI=1S/C16H21N5O4/c1-4-5-12-14(10(3)22)9(2)18-15(12)16(25)17-6-11-7-21(20-19-11)8-13(23)24/h7,18H,4-6,8H2,1-3H3,(H,17,25)(H,23,24). The van der Waals surface area contributed by atoms with Gasteiger partial charge in [0.15, 0.2) is 5.78 Å². The topological polar surface area (TPSA) is 130 Å². The van der Waals surface area contributed by atoms with Crippen molar-refractivity contribution >= 4 is 17.7 Å². The van der Waals surface area contributed by atoms with Gasteiger partial charge in [0, 0.05) is 11.3 Å². The number of aromatic nitrogens is 4. The molecule has 9 nitrogen and oxygen atoms in total. The van der Waals surface area contributed by atoms with E-state index in [1.165, 1.54) is 17.8 Å². The van der Waals surface area contributed by atoms with Crippen LogP contribution in [0.25, 0.3) is 0 Å². The molecule has 0 saturated heterocycles. The fraction of sp³-hybridized carbons (Fsp3) is 0.438. The third-order valence-electron chi connectivity index (χ3n) is 3.68. The van der Waals surface area contributed by atoms with Crippen LogP contribution in [-0.4, -0.2) is 42.7 Å². The average Bonchev–Trinajstić information content (AvgIpc) is 3.09. The smallest absolute Gasteiger partial charge is 0.325 e. The first kappa shape index (κ1) is 18.4. The van der Waals surface area contributed by atoms with E-state index in [2.05, 4.69) is 20.6 Å². The maximum atomic E-state index is 12.5. The summed E-state index contributed by atoms with van der Waals surface area (Å²) in [6.45, 7) is 5.05. The number of H-pyrrole nitrogens is 1. The minimum absolute atomic E-state index is 0.0761. The number of ketones is 1. The van der Waals surface area contributed by atoms with Gasteiger partial charge in [0.25, 0.3) is 5.91 Å². The number of aryl methyl sites for hydroxylation is 1. The van der Waals surface area contributed by atoms with E-state index in [4.69, 9.17) is 5.11 Å². The Balaban J connectivity index is 2.13. The number of aromatic amines is 1. The highest BCUT2D eigenvalue weighted by molar-refractivity contribution is 6.02. The largest absolute Gasteiger partial charge is 0.480 e. The van der Waals surface area contributed by atoms with Gasteiger partial charge < -0.3 is 15.4 Å². The lowest BCUT2D eigenvalue weighted by Crippen LogP contribution is -2.24. The number of carboxylic acids is 1. The van der Waals surface area contributed by atoms with Crippen LogP contribution in [-0.2, 0) is 24.3 Å². The lowest BCUT2D eigenvalue weighted by Gasteiger charge is -2.05. The first-order valence-corrected chi connectivity index (χ1v) is 7.94. The van der Waals surface area contributed by atoms with Gasteiger partial charge in [-0.1, -0.05) is 18.6 Å². The van der Waals surface area contributed by atoms with Crippen LogP contribution in [0.1, 0.15) is 58.1 Å². The number of hydrogen-bond donors (Lipinski definition) is 3. The number of carbonyl (C=O) groups is 3. The highest BCUT2D eigenvalue weighted by atomic mass is 16.4. The zero-order valence-corrected chi connectivity index (χ0v) is 14.4. The predicted octanol–water partition coefficient (Wildman–Crippen LogP) is 1.08. The number of carboxylic acid groups (broad SMARTS) is 1. The van der Waals surface area contributed by atoms with Gasteiger partial charge >= 0.3 is 5.97 Å². The lowest BCUT2D eigenvalue weighted by atomic mass is 10.0. The summed E-state index contributed by atoms with van der Waals surface area (Å²) in [7, 11) is 0. The normalized spacial score (nSPS) is 10.7. The van der Waals surface area contributed by atoms with Gasteiger partial charge in [-0.2, -0.15) is 0 Å². The summed E-state index contributed by atoms with van der Waals surface area (Å²) in [6.07, 6.45) is 2.89. The quantitative estimate of drug-likeness (QED) is 0.613. The number of nitrogens with zero attached hydrogens (tertiary/aromatic N) is 3. The monoisotopic (exact) mass is 347 g/mol. The molecule has 0 aliphatic rings. The highest BCUT2D eigenvalue weighted by Gasteiger charge is 2.22. The summed E-state index contributed by atoms with van der Waals surface area (Å²) in [5, 5.41) is 18.9. The summed E-state index contributed by atoms with van der Waals surface area (Å²) < 4.78 is 1.18. The van der Waals surface area contributed by atoms with Crippen molar-refractivity contribution in [3.05, 3.63) is 34.4 Å². The van der Waals surface area contributed by atoms with E-state index in [9.17, 15) is 14.4 Å². The SMILES string of the molecule is CCCc1c(C(=O)NCc2cn(CC(=O)O)nn2)[nH]c(C)c1C(C)=O. The van der Waals surface area contributed by atoms with Crippen LogP contribution < -0.4 is 5.32 Å². The van der Waals surface area contributed by atoms with Crippen LogP contribution in [0.15, 0.2) is 6.20 Å². The molecule has 0 aliphatic heterocycles. The molecule has 0 unspecified atom stereocenters. The summed E-state index contributed by atoms with van der Waals surface area (Å²) in [6, 6.07) is 0. The Hall–Kier alpha value is -2.97. The molecule has 0 bridgehead atoms. The maximum Gasteiger partial charge on any atom is 0.325 e. The molecule has 9 heteroatoms. The summed E-state index contributed by atoms with van der Waals surface area (Å²) >= 11 is 0. The van der Waals surface area contributed by atoms with Crippen LogP contribution in [0.3, 0.4) is 0 Å². The third-order valence-corrected chi connectivity index (χ3v) is 3.68. The van der Waals surface area contributed by atoms with E-state index in [-0.39, 0.29) is 24.8 Å². The molecule has 2 rings (SSSR count). The van der Waals surface area contributed by atoms with E-state index in [1.807, 2.05) is 6.92 Å². The third kappa shape index (κ3) is 4.31. The minimum Gasteiger partial charge on any atom is -0.480 e. The molecule has 2 aromatic heterocycles. The van der Waals surface area contributed by atoms with Crippen molar-refractivity contribution in [2.24, 2.45) is 0 Å². The second-order valence-corrected chi connectivity index (χ2v) is 5.77. The van der Waals surface area contributed by atoms with E-state index < -0.39 is 5.97 Å². The van der Waals surface area contributed by atoms with Gasteiger partial charge in [-0.05, 0) is 25.8 Å². The number of aliphatic carboxylic acids is 1. The molecule has 0 fully saturated rings. The molecule has 0 radical (unpaired) electrons. The Kier molecular flexibility index (Phi) is 5.68. The van der Waals surface area contributed by atoms with Crippen LogP contribution in [0.4, 0.5) is 0 Å². The van der Waals surface area contributed by atoms with Crippen molar-refractivity contribution in [1.82, 2.24) is 25.3 Å². The van der Waals surface area contributed by atoms with Crippen LogP contribution in [0.5, 0.6) is 0 Å². The average molecular weight is 347 g/mol. The molecule has 2 aromatic rings. The molecule has 25 heavy (non-hydrogen) atoms. The number of rotatable bonds is 8. The predicted molar refractivity (Wildman–Crippen MR) is 88.4 cm³/mol. The van der Waals surface area contributed by atoms with Gasteiger partial charge in [-0.25, -0.2) is 4.68 Å². The Labute approximate surface area is 144 Å². The molecule has 0 spiro atoms. The van der Waals surface area contributed by atoms with Crippen LogP contribution in [0, 0.1) is 6.92 Å². The molecular weight excluding hydrogens is 326 g/mol. The number of amides is 1. The zero-order chi connectivity index (χ0) is 18.6. The fourth-order valence-corrected chi connectivity index (χ4v) is 2.74. The molecule has 1 amide bonds. The summed E-state index contributed by atoms with van der Waals surface area (Å²) in [5.74, 6) is -1.44. The van der Waals surface area contributed by atoms with E-state index >= 15 is 0 Å². The molecule has 0 aromatic carbocycles. The van der Waals surface area contributed by atoms with Gasteiger partial charge in [-0.15, -0.1) is 5.10 Å². The molecule has 2 heterocycles. The second kappa shape index (κ2) is 7.73. The number of hydrogen-bond acceptors (Lipinski definition) is 5. The maximum absolute atomic E-state index is 12.5. The summed E-state index contributed by atoms with van der Waals surface area (Å²) in [4.78, 5) is 38.0. The number of Topliss-reactive ketones (excluding diaryl/α,β-unsaturated/α-hetero) is 1. The Morgan fingerprint density at radius 3 is 2.68 bits per heavy atom. The molecule has 0 saturated carbocycles. The van der Waals surface area contributed by atoms with Crippen molar-refractivity contribution < 1.29 is 19.5 Å². The van der Waals surface area contributed by atoms with E-state index in [0.717, 1.165) is 12.0 Å². The van der Waals surface area contributed by atoms with Crippen molar-refractivity contribution in [3.8, 4) is 0 Å². The number of nitrogens with one attached hydrogen (secondary N) is 2. The molecule has 134 valence electrons. The van der Waals surface area contributed by atoms with Gasteiger partial charge in [0.05, 0.1) is 12.7 Å². The van der Waals surface area contributed by atoms with Gasteiger partial charge in [0.1, 0.15) is 17.9 Å². The first-order valence-electron chi connectivity index (χ1n) is 7.94. The van der Waals surface area contributed by atoms with Gasteiger partial charge in [-0.3, -0.25) is 14.4 Å². The van der Waals surface area contributed by atoms with Crippen molar-refractivity contribution in [1.29, 1.82) is 0 Å². The van der Waals surface area contributed by atoms with Crippen LogP contribution in [0.2, 0.25) is 0 Å². The molecule has 0 aliphatic carbocycles. The fourth-order valence-electron chi connectivity index (χ4n) is 2.74.